The van der Waals surface area contributed by atoms with Gasteiger partial charge in [0.05, 0.1) is 11.8 Å². The number of aromatic nitrogens is 2. The standard InChI is InChI=1S/C42H46FN5O2/c1-29(2)37-5-3-4-6-38(37)39-27-46(26-30-7-10-33(43)11-8-30)19-20-48(39)35-23-42(24-35)14-17-47(18-15-42)34-12-9-32(28-49)40(22-34)50-36-21-31-13-16-44-41(31)45-25-36/h3-13,16,21-22,25,28-29,35,39H,14-15,17-20,23-24,26-27H2,1-2H3,(H,44,45). The van der Waals surface area contributed by atoms with Crippen LogP contribution in [0.3, 0.4) is 0 Å². The number of aldehydes is 1. The number of fused-ring (bicyclic) bond motifs is 1. The van der Waals surface area contributed by atoms with E-state index in [-0.39, 0.29) is 5.82 Å². The van der Waals surface area contributed by atoms with E-state index in [9.17, 15) is 9.18 Å². The number of hydrogen-bond acceptors (Lipinski definition) is 6. The van der Waals surface area contributed by atoms with E-state index in [1.54, 1.807) is 18.3 Å². The fourth-order valence-electron chi connectivity index (χ4n) is 8.73. The maximum Gasteiger partial charge on any atom is 0.153 e. The lowest BCUT2D eigenvalue weighted by Crippen LogP contribution is -2.60. The Morgan fingerprint density at radius 3 is 2.56 bits per heavy atom. The summed E-state index contributed by atoms with van der Waals surface area (Å²) in [5, 5.41) is 0.966. The molecule has 0 amide bonds. The van der Waals surface area contributed by atoms with Crippen molar-refractivity contribution in [1.82, 2.24) is 19.8 Å². The molecule has 3 fully saturated rings. The van der Waals surface area contributed by atoms with Gasteiger partial charge in [0.25, 0.3) is 0 Å². The maximum atomic E-state index is 13.6. The quantitative estimate of drug-likeness (QED) is 0.158. The minimum absolute atomic E-state index is 0.180. The second kappa shape index (κ2) is 13.6. The number of benzene rings is 3. The van der Waals surface area contributed by atoms with Crippen molar-refractivity contribution in [2.45, 2.75) is 64.1 Å². The molecule has 1 aliphatic carbocycles. The van der Waals surface area contributed by atoms with Crippen molar-refractivity contribution in [3.05, 3.63) is 119 Å². The number of halogens is 1. The molecule has 1 spiro atoms. The van der Waals surface area contributed by atoms with Crippen LogP contribution in [0, 0.1) is 11.2 Å². The second-order valence-electron chi connectivity index (χ2n) is 15.0. The Hall–Kier alpha value is -4.53. The third-order valence-corrected chi connectivity index (χ3v) is 11.5. The normalized spacial score (nSPS) is 20.0. The first-order chi connectivity index (χ1) is 24.4. The molecule has 8 heteroatoms. The van der Waals surface area contributed by atoms with E-state index < -0.39 is 0 Å². The van der Waals surface area contributed by atoms with Gasteiger partial charge in [-0.05, 0) is 90.1 Å². The number of ether oxygens (including phenoxy) is 1. The fraction of sp³-hybridized carbons (Fsp3) is 0.381. The van der Waals surface area contributed by atoms with Gasteiger partial charge in [-0.2, -0.15) is 0 Å². The number of H-pyrrole nitrogens is 1. The number of anilines is 1. The minimum Gasteiger partial charge on any atom is -0.455 e. The van der Waals surface area contributed by atoms with Gasteiger partial charge in [0.15, 0.2) is 6.29 Å². The number of nitrogens with zero attached hydrogens (tertiary/aromatic N) is 4. The van der Waals surface area contributed by atoms with Gasteiger partial charge < -0.3 is 14.6 Å². The van der Waals surface area contributed by atoms with Gasteiger partial charge in [0.1, 0.15) is 23.0 Å². The molecule has 7 nitrogen and oxygen atoms in total. The summed E-state index contributed by atoms with van der Waals surface area (Å²) in [5.41, 5.74) is 6.89. The van der Waals surface area contributed by atoms with Crippen LogP contribution in [0.4, 0.5) is 10.1 Å². The van der Waals surface area contributed by atoms with E-state index in [2.05, 4.69) is 62.8 Å². The average molecular weight is 672 g/mol. The lowest BCUT2D eigenvalue weighted by Gasteiger charge is -2.58. The third-order valence-electron chi connectivity index (χ3n) is 11.5. The van der Waals surface area contributed by atoms with Gasteiger partial charge in [0, 0.05) is 74.7 Å². The number of nitrogens with one attached hydrogen (secondary N) is 1. The van der Waals surface area contributed by atoms with Crippen LogP contribution in [0.5, 0.6) is 11.5 Å². The molecular weight excluding hydrogens is 625 g/mol. The van der Waals surface area contributed by atoms with Crippen molar-refractivity contribution in [2.24, 2.45) is 5.41 Å². The molecule has 2 aliphatic heterocycles. The highest BCUT2D eigenvalue weighted by Gasteiger charge is 2.50. The summed E-state index contributed by atoms with van der Waals surface area (Å²) in [7, 11) is 0. The predicted octanol–water partition coefficient (Wildman–Crippen LogP) is 8.74. The molecule has 2 aromatic heterocycles. The van der Waals surface area contributed by atoms with Crippen LogP contribution in [0.1, 0.15) is 78.5 Å². The van der Waals surface area contributed by atoms with Crippen molar-refractivity contribution in [3.63, 3.8) is 0 Å². The maximum absolute atomic E-state index is 13.6. The number of aromatic amines is 1. The molecule has 0 radical (unpaired) electrons. The largest absolute Gasteiger partial charge is 0.455 e. The predicted molar refractivity (Wildman–Crippen MR) is 197 cm³/mol. The topological polar surface area (TPSA) is 64.7 Å². The molecule has 258 valence electrons. The van der Waals surface area contributed by atoms with E-state index in [0.717, 1.165) is 62.3 Å². The lowest BCUT2D eigenvalue weighted by molar-refractivity contribution is -0.0628. The Morgan fingerprint density at radius 1 is 0.980 bits per heavy atom. The van der Waals surface area contributed by atoms with Gasteiger partial charge >= 0.3 is 0 Å². The molecule has 2 saturated heterocycles. The smallest absolute Gasteiger partial charge is 0.153 e. The van der Waals surface area contributed by atoms with Crippen LogP contribution in [-0.2, 0) is 6.54 Å². The Bertz CT molecular complexity index is 1960. The summed E-state index contributed by atoms with van der Waals surface area (Å²) < 4.78 is 19.8. The molecule has 3 aliphatic rings. The molecule has 50 heavy (non-hydrogen) atoms. The molecule has 4 heterocycles. The highest BCUT2D eigenvalue weighted by Crippen LogP contribution is 2.53. The van der Waals surface area contributed by atoms with E-state index >= 15 is 0 Å². The molecule has 1 atom stereocenters. The first-order valence-electron chi connectivity index (χ1n) is 18.1. The molecular formula is C42H46FN5O2. The summed E-state index contributed by atoms with van der Waals surface area (Å²) in [5.74, 6) is 1.45. The number of pyridine rings is 1. The van der Waals surface area contributed by atoms with Crippen molar-refractivity contribution in [3.8, 4) is 11.5 Å². The average Bonchev–Trinajstić information content (AvgIpc) is 3.60. The first-order valence-corrected chi connectivity index (χ1v) is 18.1. The number of carbonyl (C=O) groups excluding carboxylic acids is 1. The van der Waals surface area contributed by atoms with E-state index in [1.165, 1.54) is 42.4 Å². The highest BCUT2D eigenvalue weighted by molar-refractivity contribution is 5.81. The van der Waals surface area contributed by atoms with E-state index in [4.69, 9.17) is 4.74 Å². The monoisotopic (exact) mass is 671 g/mol. The highest BCUT2D eigenvalue weighted by atomic mass is 19.1. The van der Waals surface area contributed by atoms with Crippen LogP contribution in [0.2, 0.25) is 0 Å². The van der Waals surface area contributed by atoms with Gasteiger partial charge in [-0.3, -0.25) is 14.6 Å². The molecule has 1 saturated carbocycles. The second-order valence-corrected chi connectivity index (χ2v) is 15.0. The van der Waals surface area contributed by atoms with Crippen LogP contribution >= 0.6 is 0 Å². The third kappa shape index (κ3) is 6.54. The molecule has 0 bridgehead atoms. The first kappa shape index (κ1) is 32.7. The van der Waals surface area contributed by atoms with Crippen molar-refractivity contribution >= 4 is 23.0 Å². The van der Waals surface area contributed by atoms with Crippen LogP contribution in [-0.4, -0.2) is 64.8 Å². The molecule has 1 unspecified atom stereocenters. The number of piperazine rings is 1. The van der Waals surface area contributed by atoms with Crippen LogP contribution in [0.15, 0.2) is 91.3 Å². The fourth-order valence-corrected chi connectivity index (χ4v) is 8.73. The van der Waals surface area contributed by atoms with Crippen molar-refractivity contribution in [2.75, 3.05) is 37.6 Å². The summed E-state index contributed by atoms with van der Waals surface area (Å²) in [4.78, 5) is 27.3. The Kier molecular flexibility index (Phi) is 8.91. The Morgan fingerprint density at radius 2 is 1.78 bits per heavy atom. The van der Waals surface area contributed by atoms with Crippen molar-refractivity contribution < 1.29 is 13.9 Å². The molecule has 8 rings (SSSR count). The number of piperidine rings is 1. The zero-order valence-electron chi connectivity index (χ0n) is 29.0. The molecule has 5 aromatic rings. The SMILES string of the molecule is CC(C)c1ccccc1C1CN(Cc2ccc(F)cc2)CCN1C1CC2(CCN(c3ccc(C=O)c(Oc4cnc5[nH]ccc5c4)c3)CC2)C1. The van der Waals surface area contributed by atoms with E-state index in [0.29, 0.717) is 40.5 Å². The van der Waals surface area contributed by atoms with Crippen LogP contribution < -0.4 is 9.64 Å². The van der Waals surface area contributed by atoms with Crippen LogP contribution in [0.25, 0.3) is 11.0 Å². The summed E-state index contributed by atoms with van der Waals surface area (Å²) in [6, 6.07) is 26.8. The van der Waals surface area contributed by atoms with Gasteiger partial charge in [0.2, 0.25) is 0 Å². The zero-order chi connectivity index (χ0) is 34.2. The summed E-state index contributed by atoms with van der Waals surface area (Å²) >= 11 is 0. The number of carbonyl (C=O) groups is 1. The summed E-state index contributed by atoms with van der Waals surface area (Å²) in [6.07, 6.45) is 9.22. The molecule has 1 N–H and O–H groups in total. The summed E-state index contributed by atoms with van der Waals surface area (Å²) in [6.45, 7) is 10.5. The Balaban J connectivity index is 0.941. The zero-order valence-corrected chi connectivity index (χ0v) is 29.0. The van der Waals surface area contributed by atoms with Gasteiger partial charge in [-0.1, -0.05) is 50.2 Å². The van der Waals surface area contributed by atoms with Crippen molar-refractivity contribution in [1.29, 1.82) is 0 Å². The lowest BCUT2D eigenvalue weighted by atomic mass is 9.59. The van der Waals surface area contributed by atoms with E-state index in [1.807, 2.05) is 48.7 Å². The Labute approximate surface area is 294 Å². The number of hydrogen-bond donors (Lipinski definition) is 1. The number of rotatable bonds is 9. The van der Waals surface area contributed by atoms with Gasteiger partial charge in [-0.25, -0.2) is 9.37 Å². The minimum atomic E-state index is -0.180. The molecule has 3 aromatic carbocycles. The van der Waals surface area contributed by atoms with Gasteiger partial charge in [-0.15, -0.1) is 0 Å².